The fourth-order valence-corrected chi connectivity index (χ4v) is 3.36. The molecule has 0 saturated carbocycles. The van der Waals surface area contributed by atoms with Gasteiger partial charge in [-0.1, -0.05) is 84.9 Å². The number of aliphatic imine (C=N–C) groups is 1. The number of benzene rings is 4. The van der Waals surface area contributed by atoms with Gasteiger partial charge in [0.25, 0.3) is 0 Å². The van der Waals surface area contributed by atoms with Crippen LogP contribution in [-0.2, 0) is 6.54 Å². The summed E-state index contributed by atoms with van der Waals surface area (Å²) < 4.78 is 0. The van der Waals surface area contributed by atoms with Crippen molar-refractivity contribution in [1.82, 2.24) is 0 Å². The first-order chi connectivity index (χ1) is 17.2. The highest BCUT2D eigenvalue weighted by Crippen LogP contribution is 2.19. The van der Waals surface area contributed by atoms with E-state index in [1.54, 1.807) is 0 Å². The van der Waals surface area contributed by atoms with Crippen molar-refractivity contribution in [3.8, 4) is 0 Å². The lowest BCUT2D eigenvalue weighted by Gasteiger charge is -2.16. The molecule has 3 N–H and O–H groups in total. The molecule has 0 aliphatic heterocycles. The minimum absolute atomic E-state index is 0.131. The van der Waals surface area contributed by atoms with E-state index in [-0.39, 0.29) is 23.9 Å². The average molecular weight is 464 g/mol. The van der Waals surface area contributed by atoms with Gasteiger partial charge in [-0.2, -0.15) is 0 Å². The van der Waals surface area contributed by atoms with Crippen molar-refractivity contribution < 1.29 is 4.92 Å². The second-order valence-corrected chi connectivity index (χ2v) is 7.60. The molecular formula is C28H25N5O2. The van der Waals surface area contributed by atoms with Gasteiger partial charge in [-0.3, -0.25) is 15.1 Å². The Hall–Kier alpha value is -4.91. The van der Waals surface area contributed by atoms with E-state index in [0.717, 1.165) is 5.56 Å². The summed E-state index contributed by atoms with van der Waals surface area (Å²) in [5.74, 6) is 0.328. The fourth-order valence-electron chi connectivity index (χ4n) is 3.36. The number of rotatable bonds is 9. The molecule has 4 rings (SSSR count). The lowest BCUT2D eigenvalue weighted by molar-refractivity contribution is -0.416. The standard InChI is InChI=1S/C28H25N5O2/c34-33(35)26(28(31-24-17-9-3-10-18-24)32-25-19-11-4-12-20-25)27(30-23-15-7-2-8-16-23)29-21-22-13-5-1-6-14-22/h1-20,31-32H,21H2,(H,29,30). The summed E-state index contributed by atoms with van der Waals surface area (Å²) in [7, 11) is 0. The summed E-state index contributed by atoms with van der Waals surface area (Å²) in [5.41, 5.74) is 2.82. The molecule has 0 spiro atoms. The molecule has 0 aliphatic rings. The highest BCUT2D eigenvalue weighted by Gasteiger charge is 2.27. The van der Waals surface area contributed by atoms with Crippen LogP contribution in [0.4, 0.5) is 17.1 Å². The van der Waals surface area contributed by atoms with E-state index in [4.69, 9.17) is 0 Å². The summed E-state index contributed by atoms with van der Waals surface area (Å²) in [6.45, 7) is 0.275. The Balaban J connectivity index is 1.82. The highest BCUT2D eigenvalue weighted by molar-refractivity contribution is 6.07. The van der Waals surface area contributed by atoms with Crippen molar-refractivity contribution >= 4 is 22.9 Å². The number of anilines is 3. The van der Waals surface area contributed by atoms with Crippen LogP contribution in [0.15, 0.2) is 138 Å². The Morgan fingerprint density at radius 3 is 1.46 bits per heavy atom. The van der Waals surface area contributed by atoms with Crippen LogP contribution in [0.3, 0.4) is 0 Å². The Morgan fingerprint density at radius 1 is 0.629 bits per heavy atom. The molecule has 0 aromatic heterocycles. The Morgan fingerprint density at radius 2 is 1.03 bits per heavy atom. The van der Waals surface area contributed by atoms with Crippen molar-refractivity contribution in [2.24, 2.45) is 4.99 Å². The van der Waals surface area contributed by atoms with E-state index in [0.29, 0.717) is 17.1 Å². The number of amidine groups is 1. The lowest BCUT2D eigenvalue weighted by Crippen LogP contribution is -2.27. The Kier molecular flexibility index (Phi) is 7.85. The predicted molar refractivity (Wildman–Crippen MR) is 142 cm³/mol. The molecule has 35 heavy (non-hydrogen) atoms. The van der Waals surface area contributed by atoms with Crippen LogP contribution < -0.4 is 16.0 Å². The van der Waals surface area contributed by atoms with Gasteiger partial charge in [-0.05, 0) is 42.0 Å². The van der Waals surface area contributed by atoms with E-state index in [2.05, 4.69) is 20.9 Å². The van der Waals surface area contributed by atoms with Gasteiger partial charge in [-0.25, -0.2) is 0 Å². The highest BCUT2D eigenvalue weighted by atomic mass is 16.6. The zero-order valence-corrected chi connectivity index (χ0v) is 19.0. The summed E-state index contributed by atoms with van der Waals surface area (Å²) >= 11 is 0. The molecule has 0 heterocycles. The van der Waals surface area contributed by atoms with E-state index in [1.165, 1.54) is 0 Å². The number of nitrogens with one attached hydrogen (secondary N) is 3. The summed E-state index contributed by atoms with van der Waals surface area (Å²) in [6.07, 6.45) is 0. The topological polar surface area (TPSA) is 91.6 Å². The third-order valence-electron chi connectivity index (χ3n) is 5.03. The predicted octanol–water partition coefficient (Wildman–Crippen LogP) is 6.37. The lowest BCUT2D eigenvalue weighted by atomic mass is 10.2. The molecule has 0 atom stereocenters. The van der Waals surface area contributed by atoms with Crippen LogP contribution in [0.5, 0.6) is 0 Å². The zero-order chi connectivity index (χ0) is 24.3. The molecule has 0 radical (unpaired) electrons. The molecule has 7 heteroatoms. The molecule has 0 bridgehead atoms. The second kappa shape index (κ2) is 11.8. The zero-order valence-electron chi connectivity index (χ0n) is 19.0. The summed E-state index contributed by atoms with van der Waals surface area (Å²) in [6, 6.07) is 37.5. The molecule has 0 aliphatic carbocycles. The molecular weight excluding hydrogens is 438 g/mol. The molecule has 0 fully saturated rings. The number of nitrogens with zero attached hydrogens (tertiary/aromatic N) is 2. The van der Waals surface area contributed by atoms with Crippen LogP contribution in [0.1, 0.15) is 5.56 Å². The number of para-hydroxylation sites is 3. The van der Waals surface area contributed by atoms with Gasteiger partial charge >= 0.3 is 5.70 Å². The molecule has 7 nitrogen and oxygen atoms in total. The first-order valence-corrected chi connectivity index (χ1v) is 11.1. The van der Waals surface area contributed by atoms with Crippen molar-refractivity contribution in [1.29, 1.82) is 0 Å². The van der Waals surface area contributed by atoms with Crippen LogP contribution >= 0.6 is 0 Å². The van der Waals surface area contributed by atoms with Gasteiger partial charge in [0, 0.05) is 17.1 Å². The van der Waals surface area contributed by atoms with Crippen molar-refractivity contribution in [3.05, 3.63) is 149 Å². The normalized spacial score (nSPS) is 10.8. The van der Waals surface area contributed by atoms with Crippen LogP contribution in [0, 0.1) is 10.1 Å². The van der Waals surface area contributed by atoms with Gasteiger partial charge in [0.2, 0.25) is 5.84 Å². The maximum absolute atomic E-state index is 12.5. The maximum atomic E-state index is 12.5. The van der Waals surface area contributed by atoms with E-state index < -0.39 is 4.92 Å². The summed E-state index contributed by atoms with van der Waals surface area (Å²) in [5, 5.41) is 22.0. The van der Waals surface area contributed by atoms with Crippen molar-refractivity contribution in [2.45, 2.75) is 6.54 Å². The molecule has 0 unspecified atom stereocenters. The minimum Gasteiger partial charge on any atom is -0.336 e. The van der Waals surface area contributed by atoms with E-state index in [1.807, 2.05) is 121 Å². The monoisotopic (exact) mass is 463 g/mol. The van der Waals surface area contributed by atoms with Crippen LogP contribution in [-0.4, -0.2) is 10.8 Å². The first-order valence-electron chi connectivity index (χ1n) is 11.1. The number of hydrogen-bond donors (Lipinski definition) is 3. The Bertz CT molecular complexity index is 1250. The quantitative estimate of drug-likeness (QED) is 0.116. The van der Waals surface area contributed by atoms with Gasteiger partial charge in [-0.15, -0.1) is 0 Å². The Labute approximate surface area is 204 Å². The summed E-state index contributed by atoms with van der Waals surface area (Å²) in [4.78, 5) is 16.7. The molecule has 4 aromatic rings. The first kappa shape index (κ1) is 23.3. The third kappa shape index (κ3) is 6.79. The largest absolute Gasteiger partial charge is 0.351 e. The minimum atomic E-state index is -0.430. The fraction of sp³-hybridized carbons (Fsp3) is 0.0357. The molecule has 174 valence electrons. The van der Waals surface area contributed by atoms with Crippen molar-refractivity contribution in [2.75, 3.05) is 16.0 Å². The smallest absolute Gasteiger partial charge is 0.336 e. The number of hydrogen-bond acceptors (Lipinski definition) is 5. The average Bonchev–Trinajstić information content (AvgIpc) is 2.89. The van der Waals surface area contributed by atoms with Gasteiger partial charge in [0.1, 0.15) is 0 Å². The number of nitro groups is 1. The molecule has 4 aromatic carbocycles. The molecule has 0 amide bonds. The van der Waals surface area contributed by atoms with Gasteiger partial charge in [0.05, 0.1) is 11.5 Å². The van der Waals surface area contributed by atoms with E-state index >= 15 is 0 Å². The maximum Gasteiger partial charge on any atom is 0.351 e. The van der Waals surface area contributed by atoms with Gasteiger partial charge in [0.15, 0.2) is 5.82 Å². The van der Waals surface area contributed by atoms with Crippen LogP contribution in [0.2, 0.25) is 0 Å². The second-order valence-electron chi connectivity index (χ2n) is 7.60. The molecule has 0 saturated heterocycles. The van der Waals surface area contributed by atoms with Crippen molar-refractivity contribution in [3.63, 3.8) is 0 Å². The van der Waals surface area contributed by atoms with E-state index in [9.17, 15) is 10.1 Å². The van der Waals surface area contributed by atoms with Gasteiger partial charge < -0.3 is 16.0 Å². The third-order valence-corrected chi connectivity index (χ3v) is 5.03. The van der Waals surface area contributed by atoms with Crippen LogP contribution in [0.25, 0.3) is 0 Å². The SMILES string of the molecule is O=[N+]([O-])C(C(=NCc1ccccc1)Nc1ccccc1)=C(Nc1ccccc1)Nc1ccccc1.